The van der Waals surface area contributed by atoms with E-state index in [4.69, 9.17) is 0 Å². The zero-order valence-electron chi connectivity index (χ0n) is 20.1. The minimum atomic E-state index is -0.398. The molecule has 6 nitrogen and oxygen atoms in total. The van der Waals surface area contributed by atoms with Crippen molar-refractivity contribution in [2.75, 3.05) is 18.0 Å². The molecule has 0 unspecified atom stereocenters. The number of hydrogen-bond acceptors (Lipinski definition) is 5. The van der Waals surface area contributed by atoms with Gasteiger partial charge in [0.05, 0.1) is 4.92 Å². The summed E-state index contributed by atoms with van der Waals surface area (Å²) in [6, 6.07) is 13.6. The van der Waals surface area contributed by atoms with Crippen LogP contribution < -0.4 is 4.90 Å². The van der Waals surface area contributed by atoms with E-state index in [1.165, 1.54) is 6.07 Å². The number of nitrogens with zero attached hydrogens (tertiary/aromatic N) is 2. The van der Waals surface area contributed by atoms with Crippen molar-refractivity contribution in [3.8, 4) is 0 Å². The molecule has 32 heavy (non-hydrogen) atoms. The molecule has 174 valence electrons. The molecule has 0 aliphatic carbocycles. The fourth-order valence-corrected chi connectivity index (χ4v) is 3.24. The lowest BCUT2D eigenvalue weighted by Crippen LogP contribution is -2.31. The maximum Gasteiger partial charge on any atom is 0.293 e. The fourth-order valence-electron chi connectivity index (χ4n) is 3.24. The molecule has 0 saturated carbocycles. The monoisotopic (exact) mass is 440 g/mol. The highest BCUT2D eigenvalue weighted by Gasteiger charge is 2.23. The molecule has 2 rings (SSSR count). The number of nitro benzene ring substituents is 1. The zero-order valence-corrected chi connectivity index (χ0v) is 20.1. The molecule has 0 bridgehead atoms. The third kappa shape index (κ3) is 8.61. The lowest BCUT2D eigenvalue weighted by molar-refractivity contribution is -0.384. The van der Waals surface area contributed by atoms with Gasteiger partial charge in [0.1, 0.15) is 11.5 Å². The van der Waals surface area contributed by atoms with Crippen LogP contribution in [0, 0.1) is 22.0 Å². The van der Waals surface area contributed by atoms with Crippen LogP contribution in [-0.4, -0.2) is 29.6 Å². The Labute approximate surface area is 191 Å². The van der Waals surface area contributed by atoms with Gasteiger partial charge in [-0.25, -0.2) is 0 Å². The average Bonchev–Trinajstić information content (AvgIpc) is 2.77. The predicted molar refractivity (Wildman–Crippen MR) is 130 cm³/mol. The van der Waals surface area contributed by atoms with Crippen molar-refractivity contribution >= 4 is 22.9 Å². The van der Waals surface area contributed by atoms with Gasteiger partial charge in [-0.3, -0.25) is 19.7 Å². The van der Waals surface area contributed by atoms with E-state index in [2.05, 4.69) is 27.7 Å². The van der Waals surface area contributed by atoms with E-state index in [1.54, 1.807) is 36.4 Å². The van der Waals surface area contributed by atoms with Crippen LogP contribution >= 0.6 is 0 Å². The molecule has 2 aromatic rings. The summed E-state index contributed by atoms with van der Waals surface area (Å²) in [4.78, 5) is 36.1. The van der Waals surface area contributed by atoms with E-state index >= 15 is 0 Å². The van der Waals surface area contributed by atoms with Gasteiger partial charge in [-0.15, -0.1) is 0 Å². The van der Waals surface area contributed by atoms with Crippen LogP contribution in [0.3, 0.4) is 0 Å². The van der Waals surface area contributed by atoms with Gasteiger partial charge >= 0.3 is 0 Å². The van der Waals surface area contributed by atoms with E-state index in [-0.39, 0.29) is 11.5 Å². The Hall–Kier alpha value is -3.02. The molecule has 0 aromatic heterocycles. The lowest BCUT2D eigenvalue weighted by Gasteiger charge is -2.28. The molecule has 6 heteroatoms. The largest absolute Gasteiger partial charge is 0.365 e. The first-order valence-corrected chi connectivity index (χ1v) is 11.2. The number of nitro groups is 1. The van der Waals surface area contributed by atoms with Crippen molar-refractivity contribution in [3.63, 3.8) is 0 Å². The number of rotatable bonds is 10. The van der Waals surface area contributed by atoms with Crippen molar-refractivity contribution in [2.24, 2.45) is 11.8 Å². The van der Waals surface area contributed by atoms with Crippen molar-refractivity contribution in [3.05, 3.63) is 69.8 Å². The Morgan fingerprint density at radius 2 is 1.41 bits per heavy atom. The van der Waals surface area contributed by atoms with Gasteiger partial charge in [0, 0.05) is 43.1 Å². The molecule has 0 aliphatic heterocycles. The normalized spacial score (nSPS) is 10.5. The Bertz CT molecular complexity index is 876. The second-order valence-corrected chi connectivity index (χ2v) is 8.59. The van der Waals surface area contributed by atoms with Crippen LogP contribution in [-0.2, 0) is 4.79 Å². The zero-order chi connectivity index (χ0) is 24.3. The minimum absolute atomic E-state index is 0.0203. The summed E-state index contributed by atoms with van der Waals surface area (Å²) in [5.41, 5.74) is 1.41. The van der Waals surface area contributed by atoms with Crippen molar-refractivity contribution in [1.82, 2.24) is 0 Å². The average molecular weight is 441 g/mol. The first-order valence-electron chi connectivity index (χ1n) is 11.2. The van der Waals surface area contributed by atoms with E-state index < -0.39 is 4.92 Å². The molecule has 0 radical (unpaired) electrons. The summed E-state index contributed by atoms with van der Waals surface area (Å²) >= 11 is 0. The lowest BCUT2D eigenvalue weighted by atomic mass is 10.0. The quantitative estimate of drug-likeness (QED) is 0.245. The summed E-state index contributed by atoms with van der Waals surface area (Å²) in [6.45, 7) is 13.6. The third-order valence-corrected chi connectivity index (χ3v) is 4.77. The van der Waals surface area contributed by atoms with Crippen LogP contribution in [0.2, 0.25) is 0 Å². The molecule has 2 aromatic carbocycles. The summed E-state index contributed by atoms with van der Waals surface area (Å²) < 4.78 is 0. The molecule has 0 amide bonds. The van der Waals surface area contributed by atoms with Crippen LogP contribution in [0.4, 0.5) is 11.4 Å². The number of hydrogen-bond donors (Lipinski definition) is 0. The van der Waals surface area contributed by atoms with Crippen LogP contribution in [0.1, 0.15) is 70.3 Å². The molecule has 0 spiro atoms. The number of anilines is 1. The summed E-state index contributed by atoms with van der Waals surface area (Å²) in [6.07, 6.45) is 1.38. The first-order chi connectivity index (χ1) is 15.1. The Morgan fingerprint density at radius 1 is 0.875 bits per heavy atom. The van der Waals surface area contributed by atoms with Crippen molar-refractivity contribution in [1.29, 1.82) is 0 Å². The number of Topliss-reactive ketones (excluding diaryl/α,β-unsaturated/α-hetero) is 1. The molecule has 0 fully saturated rings. The summed E-state index contributed by atoms with van der Waals surface area (Å²) in [5, 5.41) is 11.7. The Morgan fingerprint density at radius 3 is 1.81 bits per heavy atom. The predicted octanol–water partition coefficient (Wildman–Crippen LogP) is 6.32. The van der Waals surface area contributed by atoms with Crippen LogP contribution in [0.15, 0.2) is 48.5 Å². The minimum Gasteiger partial charge on any atom is -0.365 e. The van der Waals surface area contributed by atoms with Gasteiger partial charge < -0.3 is 4.90 Å². The maximum atomic E-state index is 12.6. The second kappa shape index (κ2) is 13.4. The van der Waals surface area contributed by atoms with Gasteiger partial charge in [-0.2, -0.15) is 0 Å². The molecule has 0 N–H and O–H groups in total. The molecule has 0 aliphatic rings. The standard InChI is InChI=1S/C21H26N2O3.C5H10O/c1-15(2)13-22(14-16(3)4)19-11-10-18(12-20(19)23(25)26)21(24)17-8-6-5-7-9-17;1-3-5(6)4-2/h5-12,15-16H,13-14H2,1-4H3;3-4H2,1-2H3. The van der Waals surface area contributed by atoms with E-state index in [9.17, 15) is 19.7 Å². The van der Waals surface area contributed by atoms with Gasteiger partial charge in [0.15, 0.2) is 5.78 Å². The highest BCUT2D eigenvalue weighted by atomic mass is 16.6. The maximum absolute atomic E-state index is 12.6. The summed E-state index contributed by atoms with van der Waals surface area (Å²) in [7, 11) is 0. The molecule has 0 atom stereocenters. The molecular weight excluding hydrogens is 404 g/mol. The topological polar surface area (TPSA) is 80.5 Å². The van der Waals surface area contributed by atoms with Crippen LogP contribution in [0.25, 0.3) is 0 Å². The Balaban J connectivity index is 0.000000751. The number of carbonyl (C=O) groups is 2. The number of carbonyl (C=O) groups excluding carboxylic acids is 2. The van der Waals surface area contributed by atoms with Gasteiger partial charge in [-0.1, -0.05) is 71.9 Å². The highest BCUT2D eigenvalue weighted by Crippen LogP contribution is 2.31. The Kier molecular flexibility index (Phi) is 11.3. The van der Waals surface area contributed by atoms with E-state index in [0.29, 0.717) is 47.3 Å². The van der Waals surface area contributed by atoms with Gasteiger partial charge in [-0.05, 0) is 24.0 Å². The second-order valence-electron chi connectivity index (χ2n) is 8.59. The smallest absolute Gasteiger partial charge is 0.293 e. The molecule has 0 heterocycles. The third-order valence-electron chi connectivity index (χ3n) is 4.77. The molecule has 0 saturated heterocycles. The highest BCUT2D eigenvalue weighted by molar-refractivity contribution is 6.09. The van der Waals surface area contributed by atoms with Crippen molar-refractivity contribution in [2.45, 2.75) is 54.4 Å². The van der Waals surface area contributed by atoms with E-state index in [0.717, 1.165) is 13.1 Å². The van der Waals surface area contributed by atoms with Crippen molar-refractivity contribution < 1.29 is 14.5 Å². The molecular formula is C26H36N2O4. The first kappa shape index (κ1) is 27.0. The van der Waals surface area contributed by atoms with E-state index in [1.807, 2.05) is 24.8 Å². The fraction of sp³-hybridized carbons (Fsp3) is 0.462. The van der Waals surface area contributed by atoms with Crippen LogP contribution in [0.5, 0.6) is 0 Å². The number of ketones is 2. The SMILES string of the molecule is CC(C)CN(CC(C)C)c1ccc(C(=O)c2ccccc2)cc1[N+](=O)[O-].CCC(=O)CC. The van der Waals surface area contributed by atoms with Gasteiger partial charge in [0.2, 0.25) is 0 Å². The number of benzene rings is 2. The summed E-state index contributed by atoms with van der Waals surface area (Å²) in [5.74, 6) is 0.882. The van der Waals surface area contributed by atoms with Gasteiger partial charge in [0.25, 0.3) is 5.69 Å².